The van der Waals surface area contributed by atoms with Gasteiger partial charge in [-0.25, -0.2) is 0 Å². The molecule has 3 aromatic carbocycles. The average Bonchev–Trinajstić information content (AvgIpc) is 2.60. The van der Waals surface area contributed by atoms with E-state index in [1.807, 2.05) is 0 Å². The van der Waals surface area contributed by atoms with E-state index in [1.165, 1.54) is 48.5 Å². The highest BCUT2D eigenvalue weighted by Gasteiger charge is 2.09. The van der Waals surface area contributed by atoms with Crippen molar-refractivity contribution < 1.29 is 26.8 Å². The molecule has 0 heterocycles. The molecule has 0 radical (unpaired) electrons. The molecule has 0 amide bonds. The summed E-state index contributed by atoms with van der Waals surface area (Å²) in [6.07, 6.45) is 0. The smallest absolute Gasteiger partial charge is 0.294 e. The number of azo groups is 1. The van der Waals surface area contributed by atoms with E-state index >= 15 is 0 Å². The fraction of sp³-hybridized carbons (Fsp3) is 0. The largest absolute Gasteiger partial charge is 0.768 e. The molecule has 134 valence electrons. The maximum absolute atomic E-state index is 11.1. The third-order valence-corrected chi connectivity index (χ3v) is 5.04. The Morgan fingerprint density at radius 1 is 0.962 bits per heavy atom. The van der Waals surface area contributed by atoms with Crippen LogP contribution in [0.2, 0.25) is 0 Å². The molecule has 1 atom stereocenters. The highest BCUT2D eigenvalue weighted by Crippen LogP contribution is 2.36. The molecule has 0 aromatic heterocycles. The Morgan fingerprint density at radius 2 is 1.65 bits per heavy atom. The van der Waals surface area contributed by atoms with Crippen LogP contribution in [-0.4, -0.2) is 26.8 Å². The minimum atomic E-state index is -4.30. The summed E-state index contributed by atoms with van der Waals surface area (Å²) in [5, 5.41) is 19.0. The fourth-order valence-corrected chi connectivity index (χ4v) is 3.16. The van der Waals surface area contributed by atoms with Gasteiger partial charge in [0.1, 0.15) is 11.4 Å². The van der Waals surface area contributed by atoms with Crippen molar-refractivity contribution in [1.82, 2.24) is 0 Å². The van der Waals surface area contributed by atoms with Gasteiger partial charge in [-0.05, 0) is 58.9 Å². The van der Waals surface area contributed by atoms with Gasteiger partial charge >= 0.3 is 0 Å². The molecule has 26 heavy (non-hydrogen) atoms. The number of benzene rings is 3. The summed E-state index contributed by atoms with van der Waals surface area (Å²) in [6.45, 7) is 0. The van der Waals surface area contributed by atoms with E-state index in [0.717, 1.165) is 0 Å². The van der Waals surface area contributed by atoms with Gasteiger partial charge in [0.05, 0.1) is 10.6 Å². The van der Waals surface area contributed by atoms with Crippen LogP contribution in [0, 0.1) is 0 Å². The van der Waals surface area contributed by atoms with Gasteiger partial charge in [0, 0.05) is 10.3 Å². The number of aromatic hydroxyl groups is 1. The Bertz CT molecular complexity index is 1140. The van der Waals surface area contributed by atoms with Crippen LogP contribution in [0.25, 0.3) is 10.8 Å². The molecule has 0 spiro atoms. The van der Waals surface area contributed by atoms with Crippen LogP contribution in [-0.2, 0) is 21.2 Å². The Balaban J connectivity index is 2.01. The van der Waals surface area contributed by atoms with E-state index in [0.29, 0.717) is 16.5 Å². The SMILES string of the molecule is O=S([O-])c1ccc2c(N=Nc3ccc(S(=O)(=O)O)cc3)c(O)ccc2c1. The zero-order chi connectivity index (χ0) is 18.9. The van der Waals surface area contributed by atoms with Crippen molar-refractivity contribution in [3.05, 3.63) is 54.6 Å². The maximum Gasteiger partial charge on any atom is 0.294 e. The second kappa shape index (κ2) is 6.92. The van der Waals surface area contributed by atoms with Crippen molar-refractivity contribution in [2.45, 2.75) is 9.79 Å². The number of phenolic OH excluding ortho intramolecular Hbond substituents is 1. The predicted molar refractivity (Wildman–Crippen MR) is 93.2 cm³/mol. The van der Waals surface area contributed by atoms with E-state index in [9.17, 15) is 22.3 Å². The minimum absolute atomic E-state index is 0.104. The van der Waals surface area contributed by atoms with E-state index in [4.69, 9.17) is 4.55 Å². The van der Waals surface area contributed by atoms with Crippen LogP contribution in [0.4, 0.5) is 11.4 Å². The van der Waals surface area contributed by atoms with Crippen molar-refractivity contribution in [1.29, 1.82) is 0 Å². The first kappa shape index (κ1) is 18.1. The first-order valence-electron chi connectivity index (χ1n) is 7.10. The average molecular weight is 391 g/mol. The standard InChI is InChI=1S/C16H12N2O6S2/c19-15-8-1-10-9-12(25(20)21)4-7-14(10)16(15)18-17-11-2-5-13(6-3-11)26(22,23)24/h1-9,19H,(H,20,21)(H,22,23,24)/p-1. The van der Waals surface area contributed by atoms with Crippen molar-refractivity contribution in [2.75, 3.05) is 0 Å². The quantitative estimate of drug-likeness (QED) is 0.397. The lowest BCUT2D eigenvalue weighted by atomic mass is 10.1. The number of hydrogen-bond acceptors (Lipinski definition) is 7. The summed E-state index contributed by atoms with van der Waals surface area (Å²) in [4.78, 5) is -0.172. The summed E-state index contributed by atoms with van der Waals surface area (Å²) < 4.78 is 53.1. The molecular weight excluding hydrogens is 380 g/mol. The zero-order valence-corrected chi connectivity index (χ0v) is 14.6. The minimum Gasteiger partial charge on any atom is -0.768 e. The van der Waals surface area contributed by atoms with Crippen molar-refractivity contribution >= 4 is 43.3 Å². The molecule has 0 bridgehead atoms. The number of phenols is 1. The third kappa shape index (κ3) is 3.78. The molecule has 3 aromatic rings. The molecule has 2 N–H and O–H groups in total. The Labute approximate surface area is 150 Å². The molecule has 3 rings (SSSR count). The molecule has 0 saturated heterocycles. The third-order valence-electron chi connectivity index (χ3n) is 3.53. The predicted octanol–water partition coefficient (Wildman–Crippen LogP) is 3.45. The summed E-state index contributed by atoms with van der Waals surface area (Å²) >= 11 is -2.38. The molecule has 10 heteroatoms. The second-order valence-electron chi connectivity index (χ2n) is 5.22. The van der Waals surface area contributed by atoms with Crippen molar-refractivity contribution in [3.63, 3.8) is 0 Å². The number of fused-ring (bicyclic) bond motifs is 1. The summed E-state index contributed by atoms with van der Waals surface area (Å²) in [6, 6.07) is 12.3. The first-order chi connectivity index (χ1) is 12.3. The lowest BCUT2D eigenvalue weighted by Crippen LogP contribution is -1.96. The topological polar surface area (TPSA) is 139 Å². The first-order valence-corrected chi connectivity index (χ1v) is 9.61. The fourth-order valence-electron chi connectivity index (χ4n) is 2.28. The normalized spacial score (nSPS) is 13.3. The van der Waals surface area contributed by atoms with Gasteiger partial charge in [0.15, 0.2) is 0 Å². The summed E-state index contributed by atoms with van der Waals surface area (Å²) in [5.74, 6) is -0.146. The number of rotatable bonds is 4. The molecule has 0 saturated carbocycles. The van der Waals surface area contributed by atoms with Gasteiger partial charge in [-0.1, -0.05) is 12.1 Å². The van der Waals surface area contributed by atoms with Gasteiger partial charge in [0.25, 0.3) is 10.1 Å². The Kier molecular flexibility index (Phi) is 4.83. The maximum atomic E-state index is 11.1. The van der Waals surface area contributed by atoms with Crippen LogP contribution in [0.3, 0.4) is 0 Å². The van der Waals surface area contributed by atoms with Gasteiger partial charge in [-0.15, -0.1) is 5.11 Å². The van der Waals surface area contributed by atoms with Crippen molar-refractivity contribution in [2.24, 2.45) is 10.2 Å². The highest BCUT2D eigenvalue weighted by molar-refractivity contribution is 7.85. The van der Waals surface area contributed by atoms with Crippen LogP contribution >= 0.6 is 0 Å². The lowest BCUT2D eigenvalue weighted by Gasteiger charge is -2.08. The Hall–Kier alpha value is -2.66. The second-order valence-corrected chi connectivity index (χ2v) is 7.58. The van der Waals surface area contributed by atoms with Gasteiger partial charge in [-0.2, -0.15) is 13.5 Å². The van der Waals surface area contributed by atoms with E-state index < -0.39 is 21.2 Å². The molecule has 0 aliphatic rings. The van der Waals surface area contributed by atoms with Gasteiger partial charge < -0.3 is 9.66 Å². The van der Waals surface area contributed by atoms with E-state index in [2.05, 4.69) is 10.2 Å². The summed E-state index contributed by atoms with van der Waals surface area (Å²) in [5.41, 5.74) is 0.440. The molecule has 8 nitrogen and oxygen atoms in total. The monoisotopic (exact) mass is 391 g/mol. The molecule has 0 fully saturated rings. The highest BCUT2D eigenvalue weighted by atomic mass is 32.2. The van der Waals surface area contributed by atoms with E-state index in [1.54, 1.807) is 6.07 Å². The van der Waals surface area contributed by atoms with E-state index in [-0.39, 0.29) is 21.2 Å². The number of hydrogen-bond donors (Lipinski definition) is 2. The van der Waals surface area contributed by atoms with Gasteiger partial charge in [-0.3, -0.25) is 8.76 Å². The van der Waals surface area contributed by atoms with Crippen LogP contribution in [0.1, 0.15) is 0 Å². The molecular formula is C16H11N2O6S2-. The molecule has 0 aliphatic carbocycles. The van der Waals surface area contributed by atoms with Crippen LogP contribution < -0.4 is 0 Å². The van der Waals surface area contributed by atoms with Crippen molar-refractivity contribution in [3.8, 4) is 5.75 Å². The number of nitrogens with zero attached hydrogens (tertiary/aromatic N) is 2. The van der Waals surface area contributed by atoms with Crippen LogP contribution in [0.15, 0.2) is 74.6 Å². The molecule has 0 aliphatic heterocycles. The van der Waals surface area contributed by atoms with Gasteiger partial charge in [0.2, 0.25) is 0 Å². The summed E-state index contributed by atoms with van der Waals surface area (Å²) in [7, 11) is -4.30. The Morgan fingerprint density at radius 3 is 2.27 bits per heavy atom. The van der Waals surface area contributed by atoms with Crippen LogP contribution in [0.5, 0.6) is 5.75 Å². The zero-order valence-electron chi connectivity index (χ0n) is 12.9. The lowest BCUT2D eigenvalue weighted by molar-refractivity contribution is 0.477. The molecule has 1 unspecified atom stereocenters.